The number of nitrogens with zero attached hydrogens (tertiary/aromatic N) is 4. The number of hydrogen-bond donors (Lipinski definition) is 1. The second-order valence-electron chi connectivity index (χ2n) is 8.20. The molecular weight excluding hydrogens is 422 g/mol. The van der Waals surface area contributed by atoms with Gasteiger partial charge in [0, 0.05) is 38.0 Å². The third-order valence-corrected chi connectivity index (χ3v) is 6.12. The van der Waals surface area contributed by atoms with Crippen LogP contribution >= 0.6 is 0 Å². The van der Waals surface area contributed by atoms with Gasteiger partial charge in [0.2, 0.25) is 11.8 Å². The standard InChI is InChI=1S/C24H27N5O4/c1-33-18-6-4-16(5-7-18)15-29-20(27-23-19(24(29)32)3-2-12-26-23)8-9-21(30)28-13-10-17(11-14-28)22(25)31/h2-7,12,17H,8-11,13-15H2,1H3,(H2,25,31). The molecule has 0 spiro atoms. The van der Waals surface area contributed by atoms with Gasteiger partial charge < -0.3 is 15.4 Å². The summed E-state index contributed by atoms with van der Waals surface area (Å²) < 4.78 is 6.82. The van der Waals surface area contributed by atoms with Gasteiger partial charge in [-0.3, -0.25) is 19.0 Å². The molecule has 0 unspecified atom stereocenters. The highest BCUT2D eigenvalue weighted by Crippen LogP contribution is 2.18. The molecule has 2 aromatic heterocycles. The molecule has 1 aliphatic rings. The monoisotopic (exact) mass is 449 g/mol. The highest BCUT2D eigenvalue weighted by molar-refractivity contribution is 5.79. The van der Waals surface area contributed by atoms with Crippen LogP contribution in [0.25, 0.3) is 11.0 Å². The number of aryl methyl sites for hydroxylation is 1. The number of carbonyl (C=O) groups excluding carboxylic acids is 2. The van der Waals surface area contributed by atoms with E-state index >= 15 is 0 Å². The Morgan fingerprint density at radius 2 is 1.88 bits per heavy atom. The number of aromatic nitrogens is 3. The minimum absolute atomic E-state index is 0.0238. The van der Waals surface area contributed by atoms with Crippen molar-refractivity contribution in [3.8, 4) is 5.75 Å². The molecule has 33 heavy (non-hydrogen) atoms. The zero-order valence-corrected chi connectivity index (χ0v) is 18.6. The van der Waals surface area contributed by atoms with Crippen molar-refractivity contribution in [1.82, 2.24) is 19.4 Å². The number of rotatable bonds is 7. The number of piperidine rings is 1. The highest BCUT2D eigenvalue weighted by atomic mass is 16.5. The molecule has 0 atom stereocenters. The summed E-state index contributed by atoms with van der Waals surface area (Å²) in [5.74, 6) is 0.749. The van der Waals surface area contributed by atoms with E-state index in [1.54, 1.807) is 34.9 Å². The van der Waals surface area contributed by atoms with Crippen molar-refractivity contribution in [2.24, 2.45) is 11.7 Å². The van der Waals surface area contributed by atoms with Crippen LogP contribution in [0.1, 0.15) is 30.7 Å². The van der Waals surface area contributed by atoms with Gasteiger partial charge in [-0.05, 0) is 42.7 Å². The molecule has 172 valence electrons. The van der Waals surface area contributed by atoms with E-state index in [1.165, 1.54) is 0 Å². The van der Waals surface area contributed by atoms with Gasteiger partial charge in [-0.1, -0.05) is 12.1 Å². The van der Waals surface area contributed by atoms with E-state index in [2.05, 4.69) is 9.97 Å². The summed E-state index contributed by atoms with van der Waals surface area (Å²) in [5, 5.41) is 0.439. The van der Waals surface area contributed by atoms with Gasteiger partial charge in [0.05, 0.1) is 19.0 Å². The number of likely N-dealkylation sites (tertiary alicyclic amines) is 1. The van der Waals surface area contributed by atoms with E-state index in [0.717, 1.165) is 11.3 Å². The van der Waals surface area contributed by atoms with Gasteiger partial charge >= 0.3 is 0 Å². The van der Waals surface area contributed by atoms with Gasteiger partial charge in [0.1, 0.15) is 11.6 Å². The van der Waals surface area contributed by atoms with Crippen molar-refractivity contribution in [3.63, 3.8) is 0 Å². The van der Waals surface area contributed by atoms with E-state index in [-0.39, 0.29) is 29.7 Å². The Bertz CT molecular complexity index is 1210. The Morgan fingerprint density at radius 1 is 1.15 bits per heavy atom. The molecule has 4 rings (SSSR count). The molecular formula is C24H27N5O4. The van der Waals surface area contributed by atoms with Gasteiger partial charge in [-0.15, -0.1) is 0 Å². The number of nitrogens with two attached hydrogens (primary N) is 1. The van der Waals surface area contributed by atoms with Gasteiger partial charge in [-0.25, -0.2) is 9.97 Å². The molecule has 9 heteroatoms. The van der Waals surface area contributed by atoms with Crippen LogP contribution in [-0.4, -0.2) is 51.4 Å². The highest BCUT2D eigenvalue weighted by Gasteiger charge is 2.26. The van der Waals surface area contributed by atoms with Crippen molar-refractivity contribution in [2.75, 3.05) is 20.2 Å². The summed E-state index contributed by atoms with van der Waals surface area (Å²) in [7, 11) is 1.60. The van der Waals surface area contributed by atoms with Crippen molar-refractivity contribution >= 4 is 22.8 Å². The fourth-order valence-corrected chi connectivity index (χ4v) is 4.16. The Hall–Kier alpha value is -3.75. The maximum absolute atomic E-state index is 13.2. The Balaban J connectivity index is 1.55. The third kappa shape index (κ3) is 5.02. The lowest BCUT2D eigenvalue weighted by Gasteiger charge is -2.30. The fraction of sp³-hybridized carbons (Fsp3) is 0.375. The van der Waals surface area contributed by atoms with Gasteiger partial charge in [-0.2, -0.15) is 0 Å². The lowest BCUT2D eigenvalue weighted by molar-refractivity contribution is -0.134. The zero-order valence-electron chi connectivity index (χ0n) is 18.6. The van der Waals surface area contributed by atoms with Gasteiger partial charge in [0.25, 0.3) is 5.56 Å². The molecule has 1 fully saturated rings. The summed E-state index contributed by atoms with van der Waals surface area (Å²) >= 11 is 0. The number of ether oxygens (including phenoxy) is 1. The summed E-state index contributed by atoms with van der Waals surface area (Å²) in [6.07, 6.45) is 3.30. The topological polar surface area (TPSA) is 120 Å². The van der Waals surface area contributed by atoms with Crippen LogP contribution in [0, 0.1) is 5.92 Å². The second kappa shape index (κ2) is 9.81. The van der Waals surface area contributed by atoms with Crippen LogP contribution in [0.5, 0.6) is 5.75 Å². The molecule has 1 saturated heterocycles. The fourth-order valence-electron chi connectivity index (χ4n) is 4.16. The lowest BCUT2D eigenvalue weighted by atomic mass is 9.96. The van der Waals surface area contributed by atoms with Gasteiger partial charge in [0.15, 0.2) is 5.65 Å². The number of benzene rings is 1. The normalized spacial score (nSPS) is 14.4. The summed E-state index contributed by atoms with van der Waals surface area (Å²) in [4.78, 5) is 48.0. The van der Waals surface area contributed by atoms with Crippen LogP contribution in [0.4, 0.5) is 0 Å². The molecule has 0 aliphatic carbocycles. The number of primary amides is 1. The zero-order chi connectivity index (χ0) is 23.4. The number of pyridine rings is 1. The molecule has 2 amide bonds. The number of fused-ring (bicyclic) bond motifs is 1. The average Bonchev–Trinajstić information content (AvgIpc) is 2.85. The van der Waals surface area contributed by atoms with Crippen LogP contribution in [-0.2, 0) is 22.6 Å². The summed E-state index contributed by atoms with van der Waals surface area (Å²) in [6, 6.07) is 10.9. The number of methoxy groups -OCH3 is 1. The maximum atomic E-state index is 13.2. The Kier molecular flexibility index (Phi) is 6.67. The molecule has 1 aromatic carbocycles. The van der Waals surface area contributed by atoms with E-state index in [0.29, 0.717) is 55.8 Å². The minimum atomic E-state index is -0.308. The van der Waals surface area contributed by atoms with Crippen LogP contribution < -0.4 is 16.0 Å². The predicted octanol–water partition coefficient (Wildman–Crippen LogP) is 1.50. The smallest absolute Gasteiger partial charge is 0.263 e. The third-order valence-electron chi connectivity index (χ3n) is 6.12. The van der Waals surface area contributed by atoms with Crippen molar-refractivity contribution in [3.05, 3.63) is 64.3 Å². The molecule has 1 aliphatic heterocycles. The van der Waals surface area contributed by atoms with E-state index in [9.17, 15) is 14.4 Å². The maximum Gasteiger partial charge on any atom is 0.263 e. The van der Waals surface area contributed by atoms with Crippen molar-refractivity contribution < 1.29 is 14.3 Å². The van der Waals surface area contributed by atoms with E-state index < -0.39 is 0 Å². The largest absolute Gasteiger partial charge is 0.497 e. The molecule has 3 aromatic rings. The predicted molar refractivity (Wildman–Crippen MR) is 123 cm³/mol. The van der Waals surface area contributed by atoms with Crippen LogP contribution in [0.15, 0.2) is 47.4 Å². The minimum Gasteiger partial charge on any atom is -0.497 e. The molecule has 0 saturated carbocycles. The summed E-state index contributed by atoms with van der Waals surface area (Å²) in [6.45, 7) is 1.35. The lowest BCUT2D eigenvalue weighted by Crippen LogP contribution is -2.42. The van der Waals surface area contributed by atoms with E-state index in [4.69, 9.17) is 10.5 Å². The first-order valence-electron chi connectivity index (χ1n) is 11.0. The molecule has 9 nitrogen and oxygen atoms in total. The molecule has 0 radical (unpaired) electrons. The van der Waals surface area contributed by atoms with Crippen LogP contribution in [0.3, 0.4) is 0 Å². The Labute approximate surface area is 191 Å². The number of carbonyl (C=O) groups is 2. The van der Waals surface area contributed by atoms with Crippen molar-refractivity contribution in [2.45, 2.75) is 32.2 Å². The van der Waals surface area contributed by atoms with E-state index in [1.807, 2.05) is 24.3 Å². The van der Waals surface area contributed by atoms with Crippen molar-refractivity contribution in [1.29, 1.82) is 0 Å². The first-order chi connectivity index (χ1) is 16.0. The quantitative estimate of drug-likeness (QED) is 0.584. The number of hydrogen-bond acceptors (Lipinski definition) is 6. The Morgan fingerprint density at radius 3 is 2.55 bits per heavy atom. The summed E-state index contributed by atoms with van der Waals surface area (Å²) in [5.41, 5.74) is 6.49. The number of amides is 2. The molecule has 2 N–H and O–H groups in total. The molecule has 0 bridgehead atoms. The first kappa shape index (κ1) is 22.4. The second-order valence-corrected chi connectivity index (χ2v) is 8.20. The SMILES string of the molecule is COc1ccc(Cn2c(CCC(=O)N3CCC(C(N)=O)CC3)nc3ncccc3c2=O)cc1. The molecule has 3 heterocycles. The average molecular weight is 450 g/mol. The first-order valence-corrected chi connectivity index (χ1v) is 11.0. The van der Waals surface area contributed by atoms with Crippen LogP contribution in [0.2, 0.25) is 0 Å².